The minimum absolute atomic E-state index is 0.0976. The van der Waals surface area contributed by atoms with Crippen LogP contribution >= 0.6 is 0 Å². The number of amides is 3. The lowest BCUT2D eigenvalue weighted by molar-refractivity contribution is -0.180. The molecule has 2 fully saturated rings. The van der Waals surface area contributed by atoms with Crippen molar-refractivity contribution in [2.24, 2.45) is 0 Å². The number of carbonyl (C=O) groups excluding carboxylic acids is 3. The quantitative estimate of drug-likeness (QED) is 0.567. The molecule has 2 aromatic carbocycles. The van der Waals surface area contributed by atoms with Gasteiger partial charge in [-0.05, 0) is 69.7 Å². The van der Waals surface area contributed by atoms with Crippen molar-refractivity contribution in [1.82, 2.24) is 9.80 Å². The molecule has 1 N–H and O–H groups in total. The second-order valence-electron chi connectivity index (χ2n) is 10.6. The van der Waals surface area contributed by atoms with Gasteiger partial charge in [0, 0.05) is 24.3 Å². The standard InChI is InChI=1S/C27H29F4N3O5/c1-15-9-17(6-8-21(15)28)32-23(35)16-5-7-22(29)20(10-16)27(30,31)24(36)34-18-11-33(12-19(34)14-38-13-18)25(37)39-26(2,3)4/h5-10,18-19H,11-14H2,1-4H3,(H,32,35). The van der Waals surface area contributed by atoms with Gasteiger partial charge in [-0.15, -0.1) is 0 Å². The van der Waals surface area contributed by atoms with E-state index < -0.39 is 58.7 Å². The Balaban J connectivity index is 1.55. The molecule has 210 valence electrons. The maximum atomic E-state index is 15.6. The first kappa shape index (κ1) is 28.3. The fourth-order valence-corrected chi connectivity index (χ4v) is 4.58. The van der Waals surface area contributed by atoms with Crippen LogP contribution in [-0.4, -0.2) is 71.7 Å². The molecule has 8 nitrogen and oxygen atoms in total. The molecule has 2 bridgehead atoms. The molecule has 2 aliphatic rings. The molecular weight excluding hydrogens is 522 g/mol. The van der Waals surface area contributed by atoms with Crippen molar-refractivity contribution < 1.29 is 41.4 Å². The van der Waals surface area contributed by atoms with Crippen LogP contribution in [0.5, 0.6) is 0 Å². The van der Waals surface area contributed by atoms with E-state index in [4.69, 9.17) is 9.47 Å². The molecule has 2 saturated heterocycles. The monoisotopic (exact) mass is 551 g/mol. The summed E-state index contributed by atoms with van der Waals surface area (Å²) in [4.78, 5) is 40.8. The molecule has 39 heavy (non-hydrogen) atoms. The zero-order valence-electron chi connectivity index (χ0n) is 21.9. The van der Waals surface area contributed by atoms with Gasteiger partial charge in [-0.3, -0.25) is 9.59 Å². The van der Waals surface area contributed by atoms with Crippen molar-refractivity contribution in [3.05, 3.63) is 64.7 Å². The number of rotatable bonds is 4. The molecule has 4 rings (SSSR count). The second kappa shape index (κ2) is 10.5. The van der Waals surface area contributed by atoms with E-state index in [-0.39, 0.29) is 43.1 Å². The first-order valence-electron chi connectivity index (χ1n) is 12.3. The van der Waals surface area contributed by atoms with E-state index in [1.165, 1.54) is 24.0 Å². The summed E-state index contributed by atoms with van der Waals surface area (Å²) in [6.07, 6.45) is -0.639. The minimum Gasteiger partial charge on any atom is -0.444 e. The number of benzene rings is 2. The summed E-state index contributed by atoms with van der Waals surface area (Å²) >= 11 is 0. The number of nitrogens with zero attached hydrogens (tertiary/aromatic N) is 2. The van der Waals surface area contributed by atoms with Crippen LogP contribution in [0.3, 0.4) is 0 Å². The number of piperazine rings is 1. The van der Waals surface area contributed by atoms with Gasteiger partial charge in [0.2, 0.25) is 0 Å². The number of hydrogen-bond donors (Lipinski definition) is 1. The molecule has 2 unspecified atom stereocenters. The average Bonchev–Trinajstić information content (AvgIpc) is 2.84. The summed E-state index contributed by atoms with van der Waals surface area (Å²) in [6, 6.07) is 4.30. The van der Waals surface area contributed by atoms with Gasteiger partial charge < -0.3 is 24.6 Å². The Morgan fingerprint density at radius 1 is 0.974 bits per heavy atom. The summed E-state index contributed by atoms with van der Waals surface area (Å²) in [5.41, 5.74) is -1.88. The predicted molar refractivity (Wildman–Crippen MR) is 132 cm³/mol. The molecule has 0 aromatic heterocycles. The van der Waals surface area contributed by atoms with Gasteiger partial charge >= 0.3 is 12.0 Å². The van der Waals surface area contributed by atoms with E-state index in [9.17, 15) is 23.2 Å². The highest BCUT2D eigenvalue weighted by molar-refractivity contribution is 6.04. The van der Waals surface area contributed by atoms with Crippen LogP contribution in [0.4, 0.5) is 28.0 Å². The average molecular weight is 552 g/mol. The van der Waals surface area contributed by atoms with Crippen LogP contribution in [-0.2, 0) is 20.2 Å². The predicted octanol–water partition coefficient (Wildman–Crippen LogP) is 4.46. The number of ether oxygens (including phenoxy) is 2. The van der Waals surface area contributed by atoms with E-state index in [2.05, 4.69) is 5.32 Å². The lowest BCUT2D eigenvalue weighted by Gasteiger charge is -2.50. The number of nitrogens with one attached hydrogen (secondary N) is 1. The van der Waals surface area contributed by atoms with Gasteiger partial charge in [-0.1, -0.05) is 0 Å². The maximum absolute atomic E-state index is 15.6. The van der Waals surface area contributed by atoms with E-state index in [1.807, 2.05) is 0 Å². The Morgan fingerprint density at radius 2 is 1.59 bits per heavy atom. The Hall–Kier alpha value is -3.67. The third kappa shape index (κ3) is 6.00. The Labute approximate surface area is 222 Å². The van der Waals surface area contributed by atoms with Gasteiger partial charge in [-0.2, -0.15) is 8.78 Å². The van der Waals surface area contributed by atoms with Crippen LogP contribution < -0.4 is 5.32 Å². The highest BCUT2D eigenvalue weighted by atomic mass is 19.3. The van der Waals surface area contributed by atoms with Crippen LogP contribution in [0.1, 0.15) is 42.3 Å². The molecule has 2 atom stereocenters. The van der Waals surface area contributed by atoms with Gasteiger partial charge in [0.15, 0.2) is 0 Å². The van der Waals surface area contributed by atoms with Crippen LogP contribution in [0.2, 0.25) is 0 Å². The molecule has 2 aromatic rings. The fourth-order valence-electron chi connectivity index (χ4n) is 4.58. The van der Waals surface area contributed by atoms with Crippen molar-refractivity contribution in [3.63, 3.8) is 0 Å². The zero-order chi connectivity index (χ0) is 28.7. The summed E-state index contributed by atoms with van der Waals surface area (Å²) in [6.45, 7) is 6.17. The Morgan fingerprint density at radius 3 is 2.18 bits per heavy atom. The first-order valence-corrected chi connectivity index (χ1v) is 12.3. The summed E-state index contributed by atoms with van der Waals surface area (Å²) < 4.78 is 70.2. The number of morpholine rings is 1. The Bertz CT molecular complexity index is 1280. The third-order valence-electron chi connectivity index (χ3n) is 6.41. The van der Waals surface area contributed by atoms with Crippen molar-refractivity contribution >= 4 is 23.6 Å². The van der Waals surface area contributed by atoms with Crippen molar-refractivity contribution in [2.45, 2.75) is 51.3 Å². The molecule has 0 aliphatic carbocycles. The first-order chi connectivity index (χ1) is 18.2. The highest BCUT2D eigenvalue weighted by Crippen LogP contribution is 2.36. The fraction of sp³-hybridized carbons (Fsp3) is 0.444. The largest absolute Gasteiger partial charge is 0.444 e. The van der Waals surface area contributed by atoms with Crippen LogP contribution in [0.25, 0.3) is 0 Å². The topological polar surface area (TPSA) is 88.2 Å². The van der Waals surface area contributed by atoms with E-state index in [0.29, 0.717) is 12.1 Å². The van der Waals surface area contributed by atoms with Crippen molar-refractivity contribution in [1.29, 1.82) is 0 Å². The summed E-state index contributed by atoms with van der Waals surface area (Å²) in [5.74, 6) is -8.68. The van der Waals surface area contributed by atoms with Crippen LogP contribution in [0.15, 0.2) is 36.4 Å². The smallest absolute Gasteiger partial charge is 0.410 e. The number of aryl methyl sites for hydroxylation is 1. The molecule has 0 saturated carbocycles. The lowest BCUT2D eigenvalue weighted by Crippen LogP contribution is -2.68. The number of halogens is 4. The molecule has 3 amide bonds. The minimum atomic E-state index is -4.32. The van der Waals surface area contributed by atoms with E-state index in [1.54, 1.807) is 20.8 Å². The molecular formula is C27H29F4N3O5. The number of alkyl halides is 2. The Kier molecular flexibility index (Phi) is 7.61. The normalized spacial score (nSPS) is 19.5. The van der Waals surface area contributed by atoms with Gasteiger partial charge in [0.25, 0.3) is 11.8 Å². The molecule has 2 heterocycles. The number of fused-ring (bicyclic) bond motifs is 2. The van der Waals surface area contributed by atoms with Crippen molar-refractivity contribution in [3.8, 4) is 0 Å². The number of anilines is 1. The summed E-state index contributed by atoms with van der Waals surface area (Å²) in [7, 11) is 0. The number of hydrogen-bond acceptors (Lipinski definition) is 5. The molecule has 0 spiro atoms. The second-order valence-corrected chi connectivity index (χ2v) is 10.6. The molecule has 0 radical (unpaired) electrons. The SMILES string of the molecule is Cc1cc(NC(=O)c2ccc(F)c(C(F)(F)C(=O)N3C4COCC3CN(C(=O)OC(C)(C)C)C4)c2)ccc1F. The zero-order valence-corrected chi connectivity index (χ0v) is 21.9. The maximum Gasteiger partial charge on any atom is 0.410 e. The van der Waals surface area contributed by atoms with E-state index in [0.717, 1.165) is 17.0 Å². The molecule has 2 aliphatic heterocycles. The van der Waals surface area contributed by atoms with E-state index >= 15 is 8.78 Å². The lowest BCUT2D eigenvalue weighted by atomic mass is 9.98. The summed E-state index contributed by atoms with van der Waals surface area (Å²) in [5, 5.41) is 2.45. The molecule has 12 heteroatoms. The highest BCUT2D eigenvalue weighted by Gasteiger charge is 2.53. The van der Waals surface area contributed by atoms with Crippen LogP contribution in [0, 0.1) is 18.6 Å². The third-order valence-corrected chi connectivity index (χ3v) is 6.41. The number of carbonyl (C=O) groups is 3. The van der Waals surface area contributed by atoms with Crippen molar-refractivity contribution in [2.75, 3.05) is 31.6 Å². The van der Waals surface area contributed by atoms with Gasteiger partial charge in [-0.25, -0.2) is 13.6 Å². The van der Waals surface area contributed by atoms with Gasteiger partial charge in [0.05, 0.1) is 30.9 Å². The van der Waals surface area contributed by atoms with Gasteiger partial charge in [0.1, 0.15) is 17.2 Å².